The molecule has 0 bridgehead atoms. The third-order valence-electron chi connectivity index (χ3n) is 7.28. The lowest BCUT2D eigenvalue weighted by Gasteiger charge is -2.40. The van der Waals surface area contributed by atoms with Gasteiger partial charge in [-0.3, -0.25) is 0 Å². The van der Waals surface area contributed by atoms with E-state index in [0.29, 0.717) is 29.7 Å². The Hall–Kier alpha value is -2.68. The second kappa shape index (κ2) is 12.1. The van der Waals surface area contributed by atoms with E-state index in [9.17, 15) is 4.79 Å². The molecule has 1 fully saturated rings. The molecule has 4 aromatic rings. The van der Waals surface area contributed by atoms with Crippen LogP contribution >= 0.6 is 34.5 Å². The van der Waals surface area contributed by atoms with Gasteiger partial charge in [-0.25, -0.2) is 9.78 Å². The van der Waals surface area contributed by atoms with Crippen molar-refractivity contribution < 1.29 is 19.0 Å². The van der Waals surface area contributed by atoms with Gasteiger partial charge in [0.1, 0.15) is 5.60 Å². The van der Waals surface area contributed by atoms with E-state index in [1.165, 1.54) is 0 Å². The molecule has 0 saturated carbocycles. The normalized spacial score (nSPS) is 18.3. The highest BCUT2D eigenvalue weighted by Crippen LogP contribution is 2.45. The van der Waals surface area contributed by atoms with E-state index >= 15 is 0 Å². The first kappa shape index (κ1) is 30.8. The van der Waals surface area contributed by atoms with Crippen LogP contribution in [0.2, 0.25) is 10.0 Å². The Morgan fingerprint density at radius 1 is 1.12 bits per heavy atom. The predicted molar refractivity (Wildman–Crippen MR) is 172 cm³/mol. The van der Waals surface area contributed by atoms with Gasteiger partial charge < -0.3 is 19.1 Å². The Morgan fingerprint density at radius 3 is 2.38 bits per heavy atom. The lowest BCUT2D eigenvalue weighted by Crippen LogP contribution is -2.48. The number of aryl methyl sites for hydroxylation is 1. The minimum Gasteiger partial charge on any atom is -0.464 e. The standard InChI is InChI=1S/C33H36Cl2N2O4S/c1-7-39-30(38)28(41-32(3,4)5)26-20(2)18-25-29(27(26)21-8-12-23(34)13-9-21)42-31(36-25)37-16-17-40-33(6,19-37)22-10-14-24(35)15-11-22/h8-15,18,28H,7,16-17,19H2,1-6H3. The zero-order chi connectivity index (χ0) is 30.2. The number of carbonyl (C=O) groups excluding carboxylic acids is 1. The van der Waals surface area contributed by atoms with Gasteiger partial charge in [-0.1, -0.05) is 58.8 Å². The van der Waals surface area contributed by atoms with Gasteiger partial charge in [0.15, 0.2) is 11.2 Å². The smallest absolute Gasteiger partial charge is 0.339 e. The molecule has 2 unspecified atom stereocenters. The Labute approximate surface area is 261 Å². The van der Waals surface area contributed by atoms with E-state index in [1.807, 2.05) is 82.3 Å². The van der Waals surface area contributed by atoms with Crippen molar-refractivity contribution in [2.24, 2.45) is 0 Å². The molecule has 9 heteroatoms. The highest BCUT2D eigenvalue weighted by Gasteiger charge is 2.37. The van der Waals surface area contributed by atoms with Crippen LogP contribution in [0, 0.1) is 6.92 Å². The van der Waals surface area contributed by atoms with E-state index in [0.717, 1.165) is 43.2 Å². The molecule has 1 saturated heterocycles. The highest BCUT2D eigenvalue weighted by molar-refractivity contribution is 7.22. The maximum atomic E-state index is 13.4. The number of esters is 1. The molecule has 2 heterocycles. The minimum atomic E-state index is -0.915. The van der Waals surface area contributed by atoms with E-state index in [1.54, 1.807) is 18.3 Å². The summed E-state index contributed by atoms with van der Waals surface area (Å²) in [6, 6.07) is 17.5. The molecule has 0 radical (unpaired) electrons. The van der Waals surface area contributed by atoms with Gasteiger partial charge in [0.25, 0.3) is 0 Å². The molecule has 1 aliphatic rings. The molecule has 42 heavy (non-hydrogen) atoms. The lowest BCUT2D eigenvalue weighted by atomic mass is 9.91. The summed E-state index contributed by atoms with van der Waals surface area (Å²) in [7, 11) is 0. The molecular weight excluding hydrogens is 591 g/mol. The van der Waals surface area contributed by atoms with Crippen molar-refractivity contribution in [1.29, 1.82) is 0 Å². The van der Waals surface area contributed by atoms with Crippen molar-refractivity contribution in [2.75, 3.05) is 31.2 Å². The fourth-order valence-corrected chi connectivity index (χ4v) is 6.78. The van der Waals surface area contributed by atoms with Crippen LogP contribution in [0.5, 0.6) is 0 Å². The molecule has 3 aromatic carbocycles. The predicted octanol–water partition coefficient (Wildman–Crippen LogP) is 8.75. The van der Waals surface area contributed by atoms with Gasteiger partial charge in [0.2, 0.25) is 0 Å². The molecular formula is C33H36Cl2N2O4S. The number of hydrogen-bond donors (Lipinski definition) is 0. The third kappa shape index (κ3) is 6.46. The van der Waals surface area contributed by atoms with Crippen LogP contribution in [0.15, 0.2) is 54.6 Å². The molecule has 222 valence electrons. The molecule has 0 N–H and O–H groups in total. The monoisotopic (exact) mass is 626 g/mol. The molecule has 0 amide bonds. The van der Waals surface area contributed by atoms with Crippen LogP contribution in [0.3, 0.4) is 0 Å². The van der Waals surface area contributed by atoms with E-state index < -0.39 is 23.3 Å². The number of ether oxygens (including phenoxy) is 3. The van der Waals surface area contributed by atoms with Crippen molar-refractivity contribution >= 4 is 55.9 Å². The SMILES string of the molecule is CCOC(=O)C(OC(C)(C)C)c1c(C)cc2nc(N3CCOC(C)(c4ccc(Cl)cc4)C3)sc2c1-c1ccc(Cl)cc1. The third-order valence-corrected chi connectivity index (χ3v) is 8.94. The first-order valence-electron chi connectivity index (χ1n) is 14.1. The maximum absolute atomic E-state index is 13.4. The van der Waals surface area contributed by atoms with Crippen LogP contribution in [0.25, 0.3) is 21.3 Å². The quantitative estimate of drug-likeness (QED) is 0.191. The fraction of sp³-hybridized carbons (Fsp3) is 0.394. The molecule has 5 rings (SSSR count). The number of morpholine rings is 1. The second-order valence-corrected chi connectivity index (χ2v) is 13.6. The van der Waals surface area contributed by atoms with Crippen LogP contribution in [0.1, 0.15) is 57.4 Å². The first-order chi connectivity index (χ1) is 19.9. The van der Waals surface area contributed by atoms with E-state index in [4.69, 9.17) is 42.4 Å². The largest absolute Gasteiger partial charge is 0.464 e. The summed E-state index contributed by atoms with van der Waals surface area (Å²) < 4.78 is 19.2. The molecule has 1 aliphatic heterocycles. The van der Waals surface area contributed by atoms with Gasteiger partial charge >= 0.3 is 5.97 Å². The summed E-state index contributed by atoms with van der Waals surface area (Å²) >= 11 is 14.1. The van der Waals surface area contributed by atoms with Crippen LogP contribution in [-0.2, 0) is 24.6 Å². The molecule has 2 atom stereocenters. The minimum absolute atomic E-state index is 0.258. The maximum Gasteiger partial charge on any atom is 0.339 e. The zero-order valence-electron chi connectivity index (χ0n) is 24.8. The van der Waals surface area contributed by atoms with Gasteiger partial charge in [-0.05, 0) is 88.6 Å². The van der Waals surface area contributed by atoms with Crippen molar-refractivity contribution in [2.45, 2.75) is 58.8 Å². The topological polar surface area (TPSA) is 60.9 Å². The number of halogens is 2. The van der Waals surface area contributed by atoms with Gasteiger partial charge in [-0.2, -0.15) is 0 Å². The Kier molecular flexibility index (Phi) is 8.89. The summed E-state index contributed by atoms with van der Waals surface area (Å²) in [6.45, 7) is 13.9. The number of thiazole rings is 1. The van der Waals surface area contributed by atoms with Crippen molar-refractivity contribution in [3.8, 4) is 11.1 Å². The number of anilines is 1. The number of nitrogens with zero attached hydrogens (tertiary/aromatic N) is 2. The van der Waals surface area contributed by atoms with Gasteiger partial charge in [0, 0.05) is 27.7 Å². The summed E-state index contributed by atoms with van der Waals surface area (Å²) in [4.78, 5) is 20.8. The number of rotatable bonds is 7. The fourth-order valence-electron chi connectivity index (χ4n) is 5.38. The summed E-state index contributed by atoms with van der Waals surface area (Å²) in [5.74, 6) is -0.415. The van der Waals surface area contributed by atoms with E-state index in [-0.39, 0.29) is 6.61 Å². The number of fused-ring (bicyclic) bond motifs is 1. The lowest BCUT2D eigenvalue weighted by molar-refractivity contribution is -0.166. The summed E-state index contributed by atoms with van der Waals surface area (Å²) in [6.07, 6.45) is -0.915. The van der Waals surface area contributed by atoms with Crippen molar-refractivity contribution in [1.82, 2.24) is 4.98 Å². The number of benzene rings is 3. The Bertz CT molecular complexity index is 1580. The molecule has 0 spiro atoms. The summed E-state index contributed by atoms with van der Waals surface area (Å²) in [5, 5.41) is 2.22. The first-order valence-corrected chi connectivity index (χ1v) is 15.6. The summed E-state index contributed by atoms with van der Waals surface area (Å²) in [5.41, 5.74) is 4.33. The Balaban J connectivity index is 1.66. The average molecular weight is 628 g/mol. The second-order valence-electron chi connectivity index (χ2n) is 11.7. The molecule has 1 aromatic heterocycles. The van der Waals surface area contributed by atoms with Crippen molar-refractivity contribution in [3.05, 3.63) is 81.3 Å². The average Bonchev–Trinajstić information content (AvgIpc) is 3.35. The van der Waals surface area contributed by atoms with Crippen LogP contribution in [0.4, 0.5) is 5.13 Å². The molecule has 0 aliphatic carbocycles. The van der Waals surface area contributed by atoms with Crippen molar-refractivity contribution in [3.63, 3.8) is 0 Å². The number of hydrogen-bond acceptors (Lipinski definition) is 7. The Morgan fingerprint density at radius 2 is 1.76 bits per heavy atom. The van der Waals surface area contributed by atoms with E-state index in [2.05, 4.69) is 11.8 Å². The number of aromatic nitrogens is 1. The van der Waals surface area contributed by atoms with Gasteiger partial charge in [-0.15, -0.1) is 0 Å². The zero-order valence-corrected chi connectivity index (χ0v) is 27.1. The number of carbonyl (C=O) groups is 1. The van der Waals surface area contributed by atoms with Crippen LogP contribution in [-0.4, -0.2) is 42.9 Å². The molecule has 6 nitrogen and oxygen atoms in total. The van der Waals surface area contributed by atoms with Crippen LogP contribution < -0.4 is 4.90 Å². The van der Waals surface area contributed by atoms with Gasteiger partial charge in [0.05, 0.1) is 35.6 Å². The highest BCUT2D eigenvalue weighted by atomic mass is 35.5.